The summed E-state index contributed by atoms with van der Waals surface area (Å²) in [6.07, 6.45) is 3.28. The first-order valence-electron chi connectivity index (χ1n) is 6.22. The monoisotopic (exact) mass is 251 g/mol. The summed E-state index contributed by atoms with van der Waals surface area (Å²) >= 11 is 6.17. The maximum absolute atomic E-state index is 12.0. The number of aryl methyl sites for hydroxylation is 1. The Kier molecular flexibility index (Phi) is 4.06. The molecule has 2 rings (SSSR count). The number of alkyl halides is 1. The van der Waals surface area contributed by atoms with Crippen molar-refractivity contribution in [3.63, 3.8) is 0 Å². The van der Waals surface area contributed by atoms with Crippen molar-refractivity contribution in [1.82, 2.24) is 5.32 Å². The molecule has 0 radical (unpaired) electrons. The molecule has 0 bridgehead atoms. The van der Waals surface area contributed by atoms with Gasteiger partial charge in [-0.3, -0.25) is 4.79 Å². The van der Waals surface area contributed by atoms with E-state index in [2.05, 4.69) is 12.2 Å². The van der Waals surface area contributed by atoms with Crippen LogP contribution in [0.1, 0.15) is 35.7 Å². The standard InChI is InChI=1S/C14H18ClNO/c1-2-10-5-3-4-6-12(10)14(17)16-9-13(15)11-7-8-11/h3-6,11,13H,2,7-9H2,1H3,(H,16,17). The highest BCUT2D eigenvalue weighted by Crippen LogP contribution is 2.35. The van der Waals surface area contributed by atoms with E-state index in [1.54, 1.807) is 0 Å². The Morgan fingerprint density at radius 2 is 2.18 bits per heavy atom. The molecule has 1 aromatic rings. The fourth-order valence-electron chi connectivity index (χ4n) is 1.96. The zero-order chi connectivity index (χ0) is 12.3. The third-order valence-electron chi connectivity index (χ3n) is 3.23. The molecule has 2 nitrogen and oxygen atoms in total. The normalized spacial score (nSPS) is 16.6. The average Bonchev–Trinajstić information content (AvgIpc) is 3.19. The van der Waals surface area contributed by atoms with Gasteiger partial charge in [0.05, 0.1) is 5.38 Å². The van der Waals surface area contributed by atoms with E-state index < -0.39 is 0 Å². The van der Waals surface area contributed by atoms with Gasteiger partial charge in [0.25, 0.3) is 5.91 Å². The number of amides is 1. The van der Waals surface area contributed by atoms with E-state index in [4.69, 9.17) is 11.6 Å². The summed E-state index contributed by atoms with van der Waals surface area (Å²) in [7, 11) is 0. The predicted molar refractivity (Wildman–Crippen MR) is 70.5 cm³/mol. The van der Waals surface area contributed by atoms with Crippen LogP contribution < -0.4 is 5.32 Å². The maximum Gasteiger partial charge on any atom is 0.251 e. The Labute approximate surface area is 107 Å². The van der Waals surface area contributed by atoms with Crippen molar-refractivity contribution in [1.29, 1.82) is 0 Å². The molecule has 0 heterocycles. The van der Waals surface area contributed by atoms with Crippen LogP contribution in [0, 0.1) is 5.92 Å². The molecule has 0 aliphatic heterocycles. The fraction of sp³-hybridized carbons (Fsp3) is 0.500. The van der Waals surface area contributed by atoms with Gasteiger partial charge in [0.15, 0.2) is 0 Å². The maximum atomic E-state index is 12.0. The van der Waals surface area contributed by atoms with Gasteiger partial charge >= 0.3 is 0 Å². The van der Waals surface area contributed by atoms with Crippen molar-refractivity contribution in [2.45, 2.75) is 31.6 Å². The van der Waals surface area contributed by atoms with E-state index in [1.807, 2.05) is 24.3 Å². The Morgan fingerprint density at radius 3 is 2.82 bits per heavy atom. The molecule has 1 aliphatic rings. The minimum Gasteiger partial charge on any atom is -0.351 e. The van der Waals surface area contributed by atoms with Crippen molar-refractivity contribution in [2.24, 2.45) is 5.92 Å². The number of hydrogen-bond donors (Lipinski definition) is 1. The molecule has 0 spiro atoms. The van der Waals surface area contributed by atoms with Gasteiger partial charge in [-0.2, -0.15) is 0 Å². The number of rotatable bonds is 5. The van der Waals surface area contributed by atoms with Crippen molar-refractivity contribution >= 4 is 17.5 Å². The largest absolute Gasteiger partial charge is 0.351 e. The van der Waals surface area contributed by atoms with Crippen LogP contribution in [0.15, 0.2) is 24.3 Å². The van der Waals surface area contributed by atoms with Gasteiger partial charge in [0, 0.05) is 12.1 Å². The molecule has 1 aromatic carbocycles. The lowest BCUT2D eigenvalue weighted by Crippen LogP contribution is -2.31. The Hall–Kier alpha value is -1.02. The van der Waals surface area contributed by atoms with E-state index in [-0.39, 0.29) is 11.3 Å². The van der Waals surface area contributed by atoms with Crippen LogP contribution in [0.5, 0.6) is 0 Å². The van der Waals surface area contributed by atoms with Crippen LogP contribution in [0.4, 0.5) is 0 Å². The zero-order valence-corrected chi connectivity index (χ0v) is 10.8. The second-order valence-electron chi connectivity index (χ2n) is 4.57. The molecule has 1 saturated carbocycles. The van der Waals surface area contributed by atoms with E-state index in [0.29, 0.717) is 12.5 Å². The first-order chi connectivity index (χ1) is 8.22. The molecule has 1 atom stereocenters. The molecule has 0 saturated heterocycles. The first-order valence-corrected chi connectivity index (χ1v) is 6.66. The molecular weight excluding hydrogens is 234 g/mol. The molecule has 1 unspecified atom stereocenters. The molecule has 0 aromatic heterocycles. The van der Waals surface area contributed by atoms with Gasteiger partial charge in [-0.25, -0.2) is 0 Å². The smallest absolute Gasteiger partial charge is 0.251 e. The number of benzene rings is 1. The number of hydrogen-bond acceptors (Lipinski definition) is 1. The molecule has 1 fully saturated rings. The van der Waals surface area contributed by atoms with Gasteiger partial charge in [-0.05, 0) is 36.8 Å². The lowest BCUT2D eigenvalue weighted by Gasteiger charge is -2.11. The van der Waals surface area contributed by atoms with Crippen LogP contribution in [0.25, 0.3) is 0 Å². The quantitative estimate of drug-likeness (QED) is 0.801. The molecule has 1 aliphatic carbocycles. The lowest BCUT2D eigenvalue weighted by atomic mass is 10.0. The van der Waals surface area contributed by atoms with Gasteiger partial charge < -0.3 is 5.32 Å². The van der Waals surface area contributed by atoms with Crippen LogP contribution in [-0.4, -0.2) is 17.8 Å². The second-order valence-corrected chi connectivity index (χ2v) is 5.13. The topological polar surface area (TPSA) is 29.1 Å². The SMILES string of the molecule is CCc1ccccc1C(=O)NCC(Cl)C1CC1. The molecule has 1 N–H and O–H groups in total. The van der Waals surface area contributed by atoms with E-state index in [1.165, 1.54) is 12.8 Å². The van der Waals surface area contributed by atoms with Crippen molar-refractivity contribution in [3.05, 3.63) is 35.4 Å². The predicted octanol–water partition coefficient (Wildman–Crippen LogP) is 3.00. The number of halogens is 1. The fourth-order valence-corrected chi connectivity index (χ4v) is 2.29. The van der Waals surface area contributed by atoms with Gasteiger partial charge in [0.1, 0.15) is 0 Å². The zero-order valence-electron chi connectivity index (χ0n) is 10.1. The lowest BCUT2D eigenvalue weighted by molar-refractivity contribution is 0.0952. The van der Waals surface area contributed by atoms with Crippen LogP contribution >= 0.6 is 11.6 Å². The molecule has 1 amide bonds. The average molecular weight is 252 g/mol. The first kappa shape index (κ1) is 12.4. The van der Waals surface area contributed by atoms with Crippen molar-refractivity contribution in [2.75, 3.05) is 6.54 Å². The molecule has 92 valence electrons. The number of carbonyl (C=O) groups excluding carboxylic acids is 1. The number of nitrogens with one attached hydrogen (secondary N) is 1. The van der Waals surface area contributed by atoms with Gasteiger partial charge in [0.2, 0.25) is 0 Å². The highest BCUT2D eigenvalue weighted by Gasteiger charge is 2.29. The minimum atomic E-state index is -0.00579. The highest BCUT2D eigenvalue weighted by atomic mass is 35.5. The summed E-state index contributed by atoms with van der Waals surface area (Å²) in [6.45, 7) is 2.63. The minimum absolute atomic E-state index is 0.00579. The van der Waals surface area contributed by atoms with Crippen LogP contribution in [0.2, 0.25) is 0 Å². The van der Waals surface area contributed by atoms with E-state index >= 15 is 0 Å². The summed E-state index contributed by atoms with van der Waals surface area (Å²) in [6, 6.07) is 7.72. The van der Waals surface area contributed by atoms with Crippen molar-refractivity contribution in [3.8, 4) is 0 Å². The van der Waals surface area contributed by atoms with E-state index in [9.17, 15) is 4.79 Å². The van der Waals surface area contributed by atoms with Crippen LogP contribution in [-0.2, 0) is 6.42 Å². The third-order valence-corrected chi connectivity index (χ3v) is 3.74. The summed E-state index contributed by atoms with van der Waals surface area (Å²) in [5, 5.41) is 3.01. The molecular formula is C14H18ClNO. The third kappa shape index (κ3) is 3.22. The molecule has 17 heavy (non-hydrogen) atoms. The Balaban J connectivity index is 1.94. The summed E-state index contributed by atoms with van der Waals surface area (Å²) < 4.78 is 0. The Bertz CT molecular complexity index is 401. The summed E-state index contributed by atoms with van der Waals surface area (Å²) in [4.78, 5) is 12.0. The Morgan fingerprint density at radius 1 is 1.47 bits per heavy atom. The summed E-state index contributed by atoms with van der Waals surface area (Å²) in [5.41, 5.74) is 1.86. The van der Waals surface area contributed by atoms with E-state index in [0.717, 1.165) is 17.5 Å². The van der Waals surface area contributed by atoms with Gasteiger partial charge in [-0.1, -0.05) is 25.1 Å². The van der Waals surface area contributed by atoms with Crippen LogP contribution in [0.3, 0.4) is 0 Å². The second kappa shape index (κ2) is 5.54. The molecule has 3 heteroatoms. The summed E-state index contributed by atoms with van der Waals surface area (Å²) in [5.74, 6) is 0.604. The number of carbonyl (C=O) groups is 1. The van der Waals surface area contributed by atoms with Crippen molar-refractivity contribution < 1.29 is 4.79 Å². The van der Waals surface area contributed by atoms with Gasteiger partial charge in [-0.15, -0.1) is 11.6 Å². The highest BCUT2D eigenvalue weighted by molar-refractivity contribution is 6.21.